The number of hydrogen-bond donors (Lipinski definition) is 1. The number of hydrogen-bond acceptors (Lipinski definition) is 2. The van der Waals surface area contributed by atoms with E-state index in [0.29, 0.717) is 12.2 Å². The van der Waals surface area contributed by atoms with Crippen LogP contribution in [-0.4, -0.2) is 16.0 Å². The first kappa shape index (κ1) is 13.9. The first-order valence-electron chi connectivity index (χ1n) is 6.71. The Morgan fingerprint density at radius 1 is 1.29 bits per heavy atom. The summed E-state index contributed by atoms with van der Waals surface area (Å²) >= 11 is 0. The summed E-state index contributed by atoms with van der Waals surface area (Å²) in [5.41, 5.74) is 3.75. The van der Waals surface area contributed by atoms with Crippen molar-refractivity contribution in [3.63, 3.8) is 0 Å². The van der Waals surface area contributed by atoms with Gasteiger partial charge < -0.3 is 0 Å². The Bertz CT molecular complexity index is 368. The number of carbonyl (C=O) groups is 1. The normalized spacial score (nSPS) is 12.7. The Hall–Kier alpha value is -1.12. The smallest absolute Gasteiger partial charge is 0.135 e. The largest absolute Gasteiger partial charge is 0.299 e. The van der Waals surface area contributed by atoms with Gasteiger partial charge in [-0.3, -0.25) is 9.89 Å². The summed E-state index contributed by atoms with van der Waals surface area (Å²) < 4.78 is 0. The van der Waals surface area contributed by atoms with Gasteiger partial charge in [0.2, 0.25) is 0 Å². The number of carbonyl (C=O) groups excluding carboxylic acids is 1. The van der Waals surface area contributed by atoms with Crippen LogP contribution in [-0.2, 0) is 24.1 Å². The third-order valence-corrected chi connectivity index (χ3v) is 3.45. The minimum atomic E-state index is 0.165. The number of rotatable bonds is 7. The van der Waals surface area contributed by atoms with E-state index in [-0.39, 0.29) is 5.92 Å². The Labute approximate surface area is 104 Å². The highest BCUT2D eigenvalue weighted by atomic mass is 16.1. The van der Waals surface area contributed by atoms with E-state index in [1.807, 2.05) is 13.8 Å². The lowest BCUT2D eigenvalue weighted by atomic mass is 9.96. The van der Waals surface area contributed by atoms with Crippen molar-refractivity contribution in [3.05, 3.63) is 17.0 Å². The summed E-state index contributed by atoms with van der Waals surface area (Å²) in [6.45, 7) is 8.24. The maximum atomic E-state index is 11.5. The highest BCUT2D eigenvalue weighted by molar-refractivity contribution is 5.80. The first-order chi connectivity index (χ1) is 8.13. The predicted octanol–water partition coefficient (Wildman–Crippen LogP) is 3.08. The Morgan fingerprint density at radius 2 is 2.00 bits per heavy atom. The molecular weight excluding hydrogens is 212 g/mol. The summed E-state index contributed by atoms with van der Waals surface area (Å²) in [6, 6.07) is 0. The van der Waals surface area contributed by atoms with Crippen LogP contribution < -0.4 is 0 Å². The lowest BCUT2D eigenvalue weighted by Gasteiger charge is -2.08. The van der Waals surface area contributed by atoms with Gasteiger partial charge in [0.25, 0.3) is 0 Å². The van der Waals surface area contributed by atoms with Gasteiger partial charge in [0, 0.05) is 18.0 Å². The maximum Gasteiger partial charge on any atom is 0.135 e. The molecule has 1 aromatic heterocycles. The van der Waals surface area contributed by atoms with Crippen LogP contribution in [0.4, 0.5) is 0 Å². The van der Waals surface area contributed by atoms with Crippen molar-refractivity contribution < 1.29 is 4.79 Å². The molecule has 0 aromatic carbocycles. The van der Waals surface area contributed by atoms with Crippen LogP contribution in [0, 0.1) is 5.92 Å². The number of aromatic amines is 1. The van der Waals surface area contributed by atoms with E-state index in [4.69, 9.17) is 0 Å². The van der Waals surface area contributed by atoms with E-state index < -0.39 is 0 Å². The lowest BCUT2D eigenvalue weighted by molar-refractivity contribution is -0.122. The molecule has 17 heavy (non-hydrogen) atoms. The fourth-order valence-electron chi connectivity index (χ4n) is 2.23. The standard InChI is InChI=1S/C14H24N2O/c1-5-11-12(6-2)15-16-13(11)9-8-10(4)14(17)7-3/h10H,5-9H2,1-4H3,(H,15,16). The molecule has 1 unspecified atom stereocenters. The van der Waals surface area contributed by atoms with Gasteiger partial charge in [0.15, 0.2) is 0 Å². The molecule has 1 atom stereocenters. The highest BCUT2D eigenvalue weighted by Crippen LogP contribution is 2.17. The topological polar surface area (TPSA) is 45.8 Å². The minimum absolute atomic E-state index is 0.165. The van der Waals surface area contributed by atoms with E-state index in [9.17, 15) is 4.79 Å². The van der Waals surface area contributed by atoms with Crippen LogP contribution in [0.2, 0.25) is 0 Å². The Kier molecular flexibility index (Phi) is 5.39. The average Bonchev–Trinajstić information content (AvgIpc) is 2.76. The van der Waals surface area contributed by atoms with Gasteiger partial charge in [0.05, 0.1) is 5.69 Å². The zero-order chi connectivity index (χ0) is 12.8. The second-order valence-electron chi connectivity index (χ2n) is 4.59. The van der Waals surface area contributed by atoms with Gasteiger partial charge in [0.1, 0.15) is 5.78 Å². The van der Waals surface area contributed by atoms with Crippen LogP contribution in [0.1, 0.15) is 57.5 Å². The van der Waals surface area contributed by atoms with Crippen LogP contribution >= 0.6 is 0 Å². The Balaban J connectivity index is 2.63. The monoisotopic (exact) mass is 236 g/mol. The molecule has 1 rings (SSSR count). The van der Waals surface area contributed by atoms with E-state index >= 15 is 0 Å². The van der Waals surface area contributed by atoms with Crippen molar-refractivity contribution in [1.29, 1.82) is 0 Å². The van der Waals surface area contributed by atoms with Crippen LogP contribution in [0.25, 0.3) is 0 Å². The van der Waals surface area contributed by atoms with E-state index in [2.05, 4.69) is 24.0 Å². The maximum absolute atomic E-state index is 11.5. The third kappa shape index (κ3) is 3.42. The van der Waals surface area contributed by atoms with Crippen LogP contribution in [0.5, 0.6) is 0 Å². The van der Waals surface area contributed by atoms with Crippen LogP contribution in [0.3, 0.4) is 0 Å². The molecular formula is C14H24N2O. The summed E-state index contributed by atoms with van der Waals surface area (Å²) in [4.78, 5) is 11.5. The van der Waals surface area contributed by atoms with Crippen LogP contribution in [0.15, 0.2) is 0 Å². The van der Waals surface area contributed by atoms with Gasteiger partial charge in [-0.1, -0.05) is 27.7 Å². The van der Waals surface area contributed by atoms with Gasteiger partial charge >= 0.3 is 0 Å². The minimum Gasteiger partial charge on any atom is -0.299 e. The number of ketones is 1. The van der Waals surface area contributed by atoms with Gasteiger partial charge in [-0.15, -0.1) is 0 Å². The first-order valence-corrected chi connectivity index (χ1v) is 6.71. The summed E-state index contributed by atoms with van der Waals surface area (Å²) in [5, 5.41) is 7.47. The molecule has 1 aromatic rings. The third-order valence-electron chi connectivity index (χ3n) is 3.45. The quantitative estimate of drug-likeness (QED) is 0.790. The highest BCUT2D eigenvalue weighted by Gasteiger charge is 2.14. The summed E-state index contributed by atoms with van der Waals surface area (Å²) in [5.74, 6) is 0.524. The Morgan fingerprint density at radius 3 is 2.53 bits per heavy atom. The molecule has 0 saturated carbocycles. The second kappa shape index (κ2) is 6.58. The van der Waals surface area contributed by atoms with Crippen molar-refractivity contribution in [3.8, 4) is 0 Å². The zero-order valence-corrected chi connectivity index (χ0v) is 11.5. The second-order valence-corrected chi connectivity index (χ2v) is 4.59. The molecule has 0 spiro atoms. The molecule has 0 aliphatic rings. The average molecular weight is 236 g/mol. The molecule has 3 nitrogen and oxygen atoms in total. The number of nitrogens with one attached hydrogen (secondary N) is 1. The van der Waals surface area contributed by atoms with Crippen molar-refractivity contribution in [2.75, 3.05) is 0 Å². The summed E-state index contributed by atoms with van der Waals surface area (Å²) in [6.07, 6.45) is 4.49. The molecule has 1 heterocycles. The van der Waals surface area contributed by atoms with E-state index in [1.54, 1.807) is 0 Å². The number of aromatic nitrogens is 2. The predicted molar refractivity (Wildman–Crippen MR) is 70.1 cm³/mol. The lowest BCUT2D eigenvalue weighted by Crippen LogP contribution is -2.10. The van der Waals surface area contributed by atoms with Crippen molar-refractivity contribution >= 4 is 5.78 Å². The number of H-pyrrole nitrogens is 1. The van der Waals surface area contributed by atoms with Crippen molar-refractivity contribution in [2.45, 2.75) is 59.8 Å². The van der Waals surface area contributed by atoms with Crippen molar-refractivity contribution in [2.24, 2.45) is 5.92 Å². The fraction of sp³-hybridized carbons (Fsp3) is 0.714. The molecule has 0 fully saturated rings. The van der Waals surface area contributed by atoms with Gasteiger partial charge in [-0.25, -0.2) is 0 Å². The van der Waals surface area contributed by atoms with E-state index in [1.165, 1.54) is 17.0 Å². The van der Waals surface area contributed by atoms with Crippen molar-refractivity contribution in [1.82, 2.24) is 10.2 Å². The summed E-state index contributed by atoms with van der Waals surface area (Å²) in [7, 11) is 0. The number of aryl methyl sites for hydroxylation is 2. The molecule has 0 amide bonds. The van der Waals surface area contributed by atoms with Gasteiger partial charge in [-0.05, 0) is 31.2 Å². The molecule has 1 N–H and O–H groups in total. The molecule has 0 saturated heterocycles. The molecule has 0 bridgehead atoms. The van der Waals surface area contributed by atoms with E-state index in [0.717, 1.165) is 25.7 Å². The van der Waals surface area contributed by atoms with Gasteiger partial charge in [-0.2, -0.15) is 5.10 Å². The zero-order valence-electron chi connectivity index (χ0n) is 11.5. The number of Topliss-reactive ketones (excluding diaryl/α,β-unsaturated/α-hetero) is 1. The fourth-order valence-corrected chi connectivity index (χ4v) is 2.23. The SMILES string of the molecule is CCC(=O)C(C)CCc1[nH]nc(CC)c1CC. The number of nitrogens with zero attached hydrogens (tertiary/aromatic N) is 1. The molecule has 3 heteroatoms. The molecule has 96 valence electrons. The molecule has 0 aliphatic heterocycles. The molecule has 0 radical (unpaired) electrons. The molecule has 0 aliphatic carbocycles.